The van der Waals surface area contributed by atoms with E-state index in [9.17, 15) is 5.11 Å². The van der Waals surface area contributed by atoms with Crippen LogP contribution in [0, 0.1) is 13.8 Å². The second-order valence-corrected chi connectivity index (χ2v) is 10.4. The molecule has 4 aromatic carbocycles. The fraction of sp³-hybridized carbons (Fsp3) is 0.226. The number of aromatic hydroxyl groups is 1. The molecule has 34 heavy (non-hydrogen) atoms. The highest BCUT2D eigenvalue weighted by atomic mass is 31.1. The Kier molecular flexibility index (Phi) is 8.03. The average molecular weight is 468 g/mol. The van der Waals surface area contributed by atoms with Crippen LogP contribution in [-0.4, -0.2) is 5.11 Å². The van der Waals surface area contributed by atoms with Gasteiger partial charge in [-0.2, -0.15) is 0 Å². The number of anilines is 1. The standard InChI is InChI=1S/C31H34NOP/c1-4-30(27-20-23(2)18-19-29(27)33)34-31-24(3)12-11-17-28(31)32(21-25-13-7-5-8-14-25)22-26-15-9-6-10-16-26/h5-20,30,33-34H,4,21-22H2,1-3H3. The Morgan fingerprint density at radius 2 is 1.38 bits per heavy atom. The van der Waals surface area contributed by atoms with E-state index in [0.717, 1.165) is 25.1 Å². The molecule has 0 heterocycles. The molecule has 0 saturated carbocycles. The zero-order valence-corrected chi connectivity index (χ0v) is 21.3. The summed E-state index contributed by atoms with van der Waals surface area (Å²) in [6.07, 6.45) is 0.987. The second kappa shape index (κ2) is 11.4. The predicted octanol–water partition coefficient (Wildman–Crippen LogP) is 7.67. The maximum Gasteiger partial charge on any atom is 0.119 e. The highest BCUT2D eigenvalue weighted by Crippen LogP contribution is 2.43. The normalized spacial score (nSPS) is 12.2. The number of phenols is 1. The van der Waals surface area contributed by atoms with Gasteiger partial charge in [0.15, 0.2) is 0 Å². The fourth-order valence-electron chi connectivity index (χ4n) is 4.46. The lowest BCUT2D eigenvalue weighted by molar-refractivity contribution is 0.467. The van der Waals surface area contributed by atoms with Gasteiger partial charge < -0.3 is 10.0 Å². The summed E-state index contributed by atoms with van der Waals surface area (Å²) in [5.74, 6) is 0.408. The lowest BCUT2D eigenvalue weighted by Gasteiger charge is -2.30. The van der Waals surface area contributed by atoms with E-state index < -0.39 is 0 Å². The van der Waals surface area contributed by atoms with Gasteiger partial charge in [-0.15, -0.1) is 0 Å². The largest absolute Gasteiger partial charge is 0.508 e. The SMILES string of the molecule is CCC(Pc1c(C)cccc1N(Cc1ccccc1)Cc1ccccc1)c1cc(C)ccc1O. The van der Waals surface area contributed by atoms with Crippen molar-refractivity contribution in [2.45, 2.75) is 45.9 Å². The molecule has 0 aromatic heterocycles. The number of aryl methyl sites for hydroxylation is 2. The van der Waals surface area contributed by atoms with Crippen LogP contribution in [0.1, 0.15) is 46.8 Å². The Hall–Kier alpha value is -3.09. The maximum atomic E-state index is 10.6. The third-order valence-corrected chi connectivity index (χ3v) is 8.32. The highest BCUT2D eigenvalue weighted by molar-refractivity contribution is 7.48. The van der Waals surface area contributed by atoms with E-state index in [1.165, 1.54) is 33.2 Å². The van der Waals surface area contributed by atoms with Crippen LogP contribution >= 0.6 is 8.58 Å². The van der Waals surface area contributed by atoms with Gasteiger partial charge >= 0.3 is 0 Å². The summed E-state index contributed by atoms with van der Waals surface area (Å²) < 4.78 is 0. The summed E-state index contributed by atoms with van der Waals surface area (Å²) in [6.45, 7) is 8.24. The predicted molar refractivity (Wildman–Crippen MR) is 148 cm³/mol. The lowest BCUT2D eigenvalue weighted by Crippen LogP contribution is -2.27. The van der Waals surface area contributed by atoms with Crippen LogP contribution in [0.15, 0.2) is 97.1 Å². The van der Waals surface area contributed by atoms with Crippen molar-refractivity contribution in [2.24, 2.45) is 0 Å². The van der Waals surface area contributed by atoms with Crippen molar-refractivity contribution in [1.29, 1.82) is 0 Å². The van der Waals surface area contributed by atoms with Crippen molar-refractivity contribution in [3.05, 3.63) is 125 Å². The van der Waals surface area contributed by atoms with Crippen molar-refractivity contribution in [3.63, 3.8) is 0 Å². The molecule has 0 saturated heterocycles. The molecule has 0 bridgehead atoms. The van der Waals surface area contributed by atoms with Gasteiger partial charge in [0, 0.05) is 30.0 Å². The summed E-state index contributed by atoms with van der Waals surface area (Å²) in [4.78, 5) is 2.50. The van der Waals surface area contributed by atoms with Crippen molar-refractivity contribution in [2.75, 3.05) is 4.90 Å². The van der Waals surface area contributed by atoms with Gasteiger partial charge in [-0.05, 0) is 54.4 Å². The minimum absolute atomic E-state index is 0.287. The van der Waals surface area contributed by atoms with Crippen LogP contribution < -0.4 is 10.2 Å². The molecule has 3 heteroatoms. The molecular formula is C31H34NOP. The first kappa shape index (κ1) is 24.0. The van der Waals surface area contributed by atoms with Crippen LogP contribution in [-0.2, 0) is 13.1 Å². The van der Waals surface area contributed by atoms with Crippen molar-refractivity contribution < 1.29 is 5.11 Å². The highest BCUT2D eigenvalue weighted by Gasteiger charge is 2.20. The molecule has 0 aliphatic rings. The molecule has 1 N–H and O–H groups in total. The first-order valence-corrected chi connectivity index (χ1v) is 13.1. The van der Waals surface area contributed by atoms with E-state index in [4.69, 9.17) is 0 Å². The Labute approximate surface area is 206 Å². The first-order valence-electron chi connectivity index (χ1n) is 12.0. The third kappa shape index (κ3) is 5.88. The van der Waals surface area contributed by atoms with E-state index in [1.54, 1.807) is 0 Å². The molecule has 2 unspecified atom stereocenters. The fourth-order valence-corrected chi connectivity index (χ4v) is 6.10. The van der Waals surface area contributed by atoms with Crippen molar-refractivity contribution in [1.82, 2.24) is 0 Å². The van der Waals surface area contributed by atoms with Gasteiger partial charge in [0.05, 0.1) is 0 Å². The lowest BCUT2D eigenvalue weighted by atomic mass is 10.1. The van der Waals surface area contributed by atoms with Crippen molar-refractivity contribution in [3.8, 4) is 5.75 Å². The summed E-state index contributed by atoms with van der Waals surface area (Å²) in [7, 11) is 0.576. The van der Waals surface area contributed by atoms with Gasteiger partial charge in [0.1, 0.15) is 5.75 Å². The molecule has 0 radical (unpaired) electrons. The van der Waals surface area contributed by atoms with Gasteiger partial charge in [-0.25, -0.2) is 0 Å². The molecule has 174 valence electrons. The van der Waals surface area contributed by atoms with E-state index in [1.807, 2.05) is 12.1 Å². The van der Waals surface area contributed by atoms with Crippen LogP contribution in [0.2, 0.25) is 0 Å². The smallest absolute Gasteiger partial charge is 0.119 e. The minimum Gasteiger partial charge on any atom is -0.508 e. The molecule has 2 atom stereocenters. The molecule has 2 nitrogen and oxygen atoms in total. The molecular weight excluding hydrogens is 433 g/mol. The molecule has 0 spiro atoms. The zero-order chi connectivity index (χ0) is 23.9. The summed E-state index contributed by atoms with van der Waals surface area (Å²) in [6, 6.07) is 34.1. The Morgan fingerprint density at radius 3 is 1.97 bits per heavy atom. The summed E-state index contributed by atoms with van der Waals surface area (Å²) in [5.41, 5.74) is 7.75. The monoisotopic (exact) mass is 467 g/mol. The molecule has 4 rings (SSSR count). The third-order valence-electron chi connectivity index (χ3n) is 6.31. The first-order chi connectivity index (χ1) is 16.5. The molecule has 0 fully saturated rings. The molecule has 0 aliphatic heterocycles. The Balaban J connectivity index is 1.73. The minimum atomic E-state index is 0.287. The molecule has 4 aromatic rings. The van der Waals surface area contributed by atoms with Crippen LogP contribution in [0.25, 0.3) is 0 Å². The molecule has 0 aliphatic carbocycles. The summed E-state index contributed by atoms with van der Waals surface area (Å²) >= 11 is 0. The number of phenolic OH excluding ortho intramolecular Hbond substituents is 1. The van der Waals surface area contributed by atoms with E-state index in [-0.39, 0.29) is 5.66 Å². The number of benzene rings is 4. The second-order valence-electron chi connectivity index (χ2n) is 8.96. The zero-order valence-electron chi connectivity index (χ0n) is 20.3. The number of hydrogen-bond acceptors (Lipinski definition) is 2. The molecule has 0 amide bonds. The topological polar surface area (TPSA) is 23.5 Å². The maximum absolute atomic E-state index is 10.6. The summed E-state index contributed by atoms with van der Waals surface area (Å²) in [5, 5.41) is 12.0. The van der Waals surface area contributed by atoms with Crippen LogP contribution in [0.3, 0.4) is 0 Å². The number of rotatable bonds is 9. The number of nitrogens with zero attached hydrogens (tertiary/aromatic N) is 1. The Morgan fingerprint density at radius 1 is 0.765 bits per heavy atom. The van der Waals surface area contributed by atoms with E-state index in [2.05, 4.69) is 111 Å². The van der Waals surface area contributed by atoms with Gasteiger partial charge in [0.2, 0.25) is 0 Å². The van der Waals surface area contributed by atoms with Gasteiger partial charge in [-0.3, -0.25) is 0 Å². The van der Waals surface area contributed by atoms with E-state index in [0.29, 0.717) is 14.3 Å². The van der Waals surface area contributed by atoms with Crippen LogP contribution in [0.4, 0.5) is 5.69 Å². The Bertz CT molecular complexity index is 1170. The van der Waals surface area contributed by atoms with E-state index >= 15 is 0 Å². The number of hydrogen-bond donors (Lipinski definition) is 1. The average Bonchev–Trinajstić information content (AvgIpc) is 2.86. The van der Waals surface area contributed by atoms with Crippen molar-refractivity contribution >= 4 is 19.6 Å². The quantitative estimate of drug-likeness (QED) is 0.255. The van der Waals surface area contributed by atoms with Gasteiger partial charge in [-0.1, -0.05) is 106 Å². The van der Waals surface area contributed by atoms with Gasteiger partial charge in [0.25, 0.3) is 0 Å². The van der Waals surface area contributed by atoms with Crippen LogP contribution in [0.5, 0.6) is 5.75 Å².